The van der Waals surface area contributed by atoms with E-state index in [0.29, 0.717) is 5.75 Å². The number of fused-ring (bicyclic) bond motifs is 1. The average molecular weight is 308 g/mol. The van der Waals surface area contributed by atoms with Crippen LogP contribution in [0.1, 0.15) is 20.7 Å². The summed E-state index contributed by atoms with van der Waals surface area (Å²) in [5.74, 6) is -2.23. The Morgan fingerprint density at radius 1 is 0.783 bits per heavy atom. The average Bonchev–Trinajstić information content (AvgIpc) is 2.54. The van der Waals surface area contributed by atoms with Gasteiger partial charge in [-0.2, -0.15) is 0 Å². The molecule has 0 saturated heterocycles. The first-order chi connectivity index (χ1) is 11.1. The number of ether oxygens (including phenoxy) is 1. The lowest BCUT2D eigenvalue weighted by Gasteiger charge is -2.11. The molecule has 0 aliphatic rings. The minimum atomic E-state index is -1.35. The maximum Gasteiger partial charge on any atom is 0.340 e. The van der Waals surface area contributed by atoms with E-state index in [9.17, 15) is 14.7 Å². The number of carboxylic acid groups (broad SMARTS) is 2. The molecule has 0 saturated carbocycles. The van der Waals surface area contributed by atoms with Crippen molar-refractivity contribution in [3.05, 3.63) is 71.8 Å². The highest BCUT2D eigenvalue weighted by Gasteiger charge is 2.21. The molecule has 0 unspecified atom stereocenters. The standard InChI is InChI=1S/C18H12O5/c19-17(20)14-6-3-7-15(16(14)18(21)22)23-13-9-8-11-4-1-2-5-12(11)10-13/h1-10H,(H,19,20)(H,21,22). The summed E-state index contributed by atoms with van der Waals surface area (Å²) in [5, 5.41) is 20.4. The molecule has 0 spiro atoms. The fourth-order valence-corrected chi connectivity index (χ4v) is 2.37. The third-order valence-electron chi connectivity index (χ3n) is 3.42. The van der Waals surface area contributed by atoms with Gasteiger partial charge >= 0.3 is 11.9 Å². The molecule has 0 amide bonds. The van der Waals surface area contributed by atoms with Crippen molar-refractivity contribution >= 4 is 22.7 Å². The van der Waals surface area contributed by atoms with Crippen LogP contribution in [0.5, 0.6) is 11.5 Å². The number of carbonyl (C=O) groups is 2. The number of carboxylic acids is 2. The van der Waals surface area contributed by atoms with E-state index in [4.69, 9.17) is 9.84 Å². The van der Waals surface area contributed by atoms with Gasteiger partial charge in [0.1, 0.15) is 17.1 Å². The second-order valence-electron chi connectivity index (χ2n) is 4.90. The summed E-state index contributed by atoms with van der Waals surface area (Å²) in [4.78, 5) is 22.6. The van der Waals surface area contributed by atoms with Gasteiger partial charge in [-0.15, -0.1) is 0 Å². The van der Waals surface area contributed by atoms with Crippen LogP contribution in [0.3, 0.4) is 0 Å². The molecule has 0 aromatic heterocycles. The number of aromatic carboxylic acids is 2. The van der Waals surface area contributed by atoms with Gasteiger partial charge in [0, 0.05) is 0 Å². The van der Waals surface area contributed by atoms with Gasteiger partial charge in [-0.05, 0) is 35.0 Å². The van der Waals surface area contributed by atoms with E-state index in [0.717, 1.165) is 10.8 Å². The van der Waals surface area contributed by atoms with Crippen LogP contribution in [0.4, 0.5) is 0 Å². The molecule has 5 heteroatoms. The molecule has 3 aromatic rings. The minimum Gasteiger partial charge on any atom is -0.478 e. The smallest absolute Gasteiger partial charge is 0.340 e. The number of hydrogen-bond acceptors (Lipinski definition) is 3. The molecule has 114 valence electrons. The Hall–Kier alpha value is -3.34. The van der Waals surface area contributed by atoms with Crippen LogP contribution in [0, 0.1) is 0 Å². The van der Waals surface area contributed by atoms with Crippen LogP contribution in [-0.4, -0.2) is 22.2 Å². The lowest BCUT2D eigenvalue weighted by atomic mass is 10.1. The van der Waals surface area contributed by atoms with Crippen molar-refractivity contribution in [1.29, 1.82) is 0 Å². The lowest BCUT2D eigenvalue weighted by molar-refractivity contribution is 0.0649. The molecule has 0 bridgehead atoms. The summed E-state index contributed by atoms with van der Waals surface area (Å²) in [6.07, 6.45) is 0. The van der Waals surface area contributed by atoms with E-state index >= 15 is 0 Å². The molecule has 5 nitrogen and oxygen atoms in total. The minimum absolute atomic E-state index is 0.00678. The zero-order valence-corrected chi connectivity index (χ0v) is 11.9. The van der Waals surface area contributed by atoms with Gasteiger partial charge < -0.3 is 14.9 Å². The molecule has 0 heterocycles. The lowest BCUT2D eigenvalue weighted by Crippen LogP contribution is -2.09. The summed E-state index contributed by atoms with van der Waals surface area (Å²) < 4.78 is 5.63. The zero-order valence-electron chi connectivity index (χ0n) is 11.9. The normalized spacial score (nSPS) is 10.4. The van der Waals surface area contributed by atoms with Crippen LogP contribution in [-0.2, 0) is 0 Å². The van der Waals surface area contributed by atoms with Gasteiger partial charge in [0.2, 0.25) is 0 Å². The fourth-order valence-electron chi connectivity index (χ4n) is 2.37. The van der Waals surface area contributed by atoms with E-state index in [1.54, 1.807) is 12.1 Å². The second-order valence-corrected chi connectivity index (χ2v) is 4.90. The third-order valence-corrected chi connectivity index (χ3v) is 3.42. The summed E-state index contributed by atoms with van der Waals surface area (Å²) in [6, 6.07) is 17.1. The van der Waals surface area contributed by atoms with Crippen LogP contribution in [0.2, 0.25) is 0 Å². The molecular weight excluding hydrogens is 296 g/mol. The predicted molar refractivity (Wildman–Crippen MR) is 84.4 cm³/mol. The van der Waals surface area contributed by atoms with Gasteiger partial charge in [-0.1, -0.05) is 36.4 Å². The first-order valence-corrected chi connectivity index (χ1v) is 6.82. The molecule has 2 N–H and O–H groups in total. The van der Waals surface area contributed by atoms with Crippen molar-refractivity contribution in [2.45, 2.75) is 0 Å². The predicted octanol–water partition coefficient (Wildman–Crippen LogP) is 4.03. The topological polar surface area (TPSA) is 83.8 Å². The van der Waals surface area contributed by atoms with E-state index in [2.05, 4.69) is 0 Å². The molecular formula is C18H12O5. The van der Waals surface area contributed by atoms with Crippen molar-refractivity contribution in [2.24, 2.45) is 0 Å². The van der Waals surface area contributed by atoms with E-state index in [-0.39, 0.29) is 16.9 Å². The van der Waals surface area contributed by atoms with Crippen molar-refractivity contribution in [2.75, 3.05) is 0 Å². The van der Waals surface area contributed by atoms with Crippen LogP contribution in [0.25, 0.3) is 10.8 Å². The summed E-state index contributed by atoms with van der Waals surface area (Å²) in [5.41, 5.74) is -0.677. The van der Waals surface area contributed by atoms with Gasteiger partial charge in [-0.3, -0.25) is 0 Å². The molecule has 23 heavy (non-hydrogen) atoms. The quantitative estimate of drug-likeness (QED) is 0.760. The highest BCUT2D eigenvalue weighted by Crippen LogP contribution is 2.30. The van der Waals surface area contributed by atoms with Crippen molar-refractivity contribution < 1.29 is 24.5 Å². The Bertz CT molecular complexity index is 914. The molecule has 0 aliphatic heterocycles. The molecule has 3 aromatic carbocycles. The van der Waals surface area contributed by atoms with E-state index < -0.39 is 11.9 Å². The summed E-state index contributed by atoms with van der Waals surface area (Å²) in [7, 11) is 0. The van der Waals surface area contributed by atoms with E-state index in [1.807, 2.05) is 30.3 Å². The maximum atomic E-state index is 11.4. The highest BCUT2D eigenvalue weighted by atomic mass is 16.5. The number of rotatable bonds is 4. The monoisotopic (exact) mass is 308 g/mol. The largest absolute Gasteiger partial charge is 0.478 e. The van der Waals surface area contributed by atoms with Crippen molar-refractivity contribution in [3.63, 3.8) is 0 Å². The fraction of sp³-hybridized carbons (Fsp3) is 0. The number of benzene rings is 3. The second kappa shape index (κ2) is 5.81. The number of hydrogen-bond donors (Lipinski definition) is 2. The third kappa shape index (κ3) is 2.85. The molecule has 0 atom stereocenters. The Morgan fingerprint density at radius 3 is 2.22 bits per heavy atom. The Balaban J connectivity index is 2.06. The molecule has 0 fully saturated rings. The zero-order chi connectivity index (χ0) is 16.4. The molecule has 3 rings (SSSR count). The Kier molecular flexibility index (Phi) is 3.68. The van der Waals surface area contributed by atoms with Gasteiger partial charge in [-0.25, -0.2) is 9.59 Å². The summed E-state index contributed by atoms with van der Waals surface area (Å²) in [6.45, 7) is 0. The first-order valence-electron chi connectivity index (χ1n) is 6.82. The SMILES string of the molecule is O=C(O)c1cccc(Oc2ccc3ccccc3c2)c1C(=O)O. The Morgan fingerprint density at radius 2 is 1.52 bits per heavy atom. The highest BCUT2D eigenvalue weighted by molar-refractivity contribution is 6.03. The van der Waals surface area contributed by atoms with Crippen molar-refractivity contribution in [3.8, 4) is 11.5 Å². The van der Waals surface area contributed by atoms with Gasteiger partial charge in [0.05, 0.1) is 5.56 Å². The van der Waals surface area contributed by atoms with Gasteiger partial charge in [0.25, 0.3) is 0 Å². The van der Waals surface area contributed by atoms with E-state index in [1.165, 1.54) is 18.2 Å². The van der Waals surface area contributed by atoms with Crippen molar-refractivity contribution in [1.82, 2.24) is 0 Å². The maximum absolute atomic E-state index is 11.4. The Labute approximate surface area is 131 Å². The van der Waals surface area contributed by atoms with Crippen LogP contribution < -0.4 is 4.74 Å². The molecule has 0 radical (unpaired) electrons. The first kappa shape index (κ1) is 14.6. The summed E-state index contributed by atoms with van der Waals surface area (Å²) >= 11 is 0. The van der Waals surface area contributed by atoms with Crippen LogP contribution >= 0.6 is 0 Å². The van der Waals surface area contributed by atoms with Crippen LogP contribution in [0.15, 0.2) is 60.7 Å². The van der Waals surface area contributed by atoms with Gasteiger partial charge in [0.15, 0.2) is 0 Å². The molecule has 0 aliphatic carbocycles.